The minimum absolute atomic E-state index is 0.433. The van der Waals surface area contributed by atoms with Crippen molar-refractivity contribution in [2.24, 2.45) is 5.92 Å². The van der Waals surface area contributed by atoms with Crippen molar-refractivity contribution >= 4 is 5.95 Å². The molecule has 3 N–H and O–H groups in total. The van der Waals surface area contributed by atoms with Crippen LogP contribution in [0, 0.1) is 5.92 Å². The van der Waals surface area contributed by atoms with E-state index in [2.05, 4.69) is 40.0 Å². The molecule has 0 saturated carbocycles. The van der Waals surface area contributed by atoms with Crippen LogP contribution in [0.15, 0.2) is 12.3 Å². The minimum Gasteiger partial charge on any atom is -0.481 e. The van der Waals surface area contributed by atoms with Gasteiger partial charge in [-0.2, -0.15) is 4.98 Å². The Morgan fingerprint density at radius 3 is 2.71 bits per heavy atom. The summed E-state index contributed by atoms with van der Waals surface area (Å²) in [5.41, 5.74) is 6.45. The van der Waals surface area contributed by atoms with Crippen LogP contribution in [0.5, 0.6) is 5.88 Å². The van der Waals surface area contributed by atoms with E-state index in [1.807, 2.05) is 0 Å². The molecule has 2 atom stereocenters. The second-order valence-electron chi connectivity index (χ2n) is 4.33. The van der Waals surface area contributed by atoms with Gasteiger partial charge in [0.05, 0.1) is 7.11 Å². The van der Waals surface area contributed by atoms with Gasteiger partial charge in [-0.15, -0.1) is 0 Å². The lowest BCUT2D eigenvalue weighted by atomic mass is 9.97. The normalized spacial score (nSPS) is 28.1. The molecular weight excluding hydrogens is 218 g/mol. The summed E-state index contributed by atoms with van der Waals surface area (Å²) < 4.78 is 5.05. The Morgan fingerprint density at radius 1 is 1.35 bits per heavy atom. The highest BCUT2D eigenvalue weighted by Crippen LogP contribution is 2.15. The monoisotopic (exact) mass is 237 g/mol. The van der Waals surface area contributed by atoms with Crippen molar-refractivity contribution < 1.29 is 4.74 Å². The number of hydrogen-bond acceptors (Lipinski definition) is 6. The van der Waals surface area contributed by atoms with Crippen molar-refractivity contribution in [3.05, 3.63) is 12.3 Å². The first-order chi connectivity index (χ1) is 8.20. The summed E-state index contributed by atoms with van der Waals surface area (Å²) in [6.07, 6.45) is 1.69. The lowest BCUT2D eigenvalue weighted by molar-refractivity contribution is 0.397. The molecule has 1 fully saturated rings. The zero-order valence-corrected chi connectivity index (χ0v) is 10.4. The minimum atomic E-state index is 0.433. The molecule has 94 valence electrons. The Hall–Kier alpha value is -1.40. The Labute approximate surface area is 101 Å². The maximum atomic E-state index is 5.05. The SMILES string of the molecule is COc1ccnc(NCC2C(C)NNC2C)n1. The highest BCUT2D eigenvalue weighted by Gasteiger charge is 2.29. The van der Waals surface area contributed by atoms with E-state index < -0.39 is 0 Å². The molecule has 1 aromatic rings. The largest absolute Gasteiger partial charge is 0.481 e. The quantitative estimate of drug-likeness (QED) is 0.704. The van der Waals surface area contributed by atoms with Crippen LogP contribution in [0.25, 0.3) is 0 Å². The van der Waals surface area contributed by atoms with Crippen molar-refractivity contribution in [3.8, 4) is 5.88 Å². The number of anilines is 1. The van der Waals surface area contributed by atoms with Gasteiger partial charge >= 0.3 is 0 Å². The highest BCUT2D eigenvalue weighted by atomic mass is 16.5. The average Bonchev–Trinajstić information content (AvgIpc) is 2.67. The maximum Gasteiger partial charge on any atom is 0.225 e. The van der Waals surface area contributed by atoms with Crippen LogP contribution in [0.4, 0.5) is 5.95 Å². The first-order valence-electron chi connectivity index (χ1n) is 5.82. The van der Waals surface area contributed by atoms with Crippen molar-refractivity contribution in [1.29, 1.82) is 0 Å². The van der Waals surface area contributed by atoms with Crippen LogP contribution in [-0.4, -0.2) is 35.7 Å². The zero-order valence-electron chi connectivity index (χ0n) is 10.4. The van der Waals surface area contributed by atoms with E-state index in [1.165, 1.54) is 0 Å². The van der Waals surface area contributed by atoms with Gasteiger partial charge in [0.15, 0.2) is 0 Å². The number of ether oxygens (including phenoxy) is 1. The molecule has 2 heterocycles. The van der Waals surface area contributed by atoms with Crippen LogP contribution >= 0.6 is 0 Å². The number of nitrogens with one attached hydrogen (secondary N) is 3. The van der Waals surface area contributed by atoms with Gasteiger partial charge < -0.3 is 10.1 Å². The van der Waals surface area contributed by atoms with Gasteiger partial charge in [-0.3, -0.25) is 10.9 Å². The number of nitrogens with zero attached hydrogens (tertiary/aromatic N) is 2. The summed E-state index contributed by atoms with van der Waals surface area (Å²) in [5.74, 6) is 1.69. The third kappa shape index (κ3) is 2.83. The van der Waals surface area contributed by atoms with Gasteiger partial charge in [0, 0.05) is 36.8 Å². The van der Waals surface area contributed by atoms with Crippen LogP contribution < -0.4 is 20.9 Å². The topological polar surface area (TPSA) is 71.1 Å². The van der Waals surface area contributed by atoms with Gasteiger partial charge in [0.2, 0.25) is 11.8 Å². The lowest BCUT2D eigenvalue weighted by Crippen LogP contribution is -2.30. The van der Waals surface area contributed by atoms with E-state index in [0.29, 0.717) is 29.8 Å². The third-order valence-electron chi connectivity index (χ3n) is 3.16. The number of rotatable bonds is 4. The van der Waals surface area contributed by atoms with E-state index in [-0.39, 0.29) is 0 Å². The smallest absolute Gasteiger partial charge is 0.225 e. The van der Waals surface area contributed by atoms with Crippen LogP contribution in [0.2, 0.25) is 0 Å². The fourth-order valence-electron chi connectivity index (χ4n) is 2.01. The number of hydrogen-bond donors (Lipinski definition) is 3. The molecular formula is C11H19N5O. The molecule has 6 nitrogen and oxygen atoms in total. The Balaban J connectivity index is 1.92. The molecule has 0 spiro atoms. The number of aromatic nitrogens is 2. The molecule has 6 heteroatoms. The molecule has 1 saturated heterocycles. The van der Waals surface area contributed by atoms with Crippen molar-refractivity contribution in [1.82, 2.24) is 20.8 Å². The molecule has 1 aromatic heterocycles. The van der Waals surface area contributed by atoms with Gasteiger partial charge in [-0.1, -0.05) is 0 Å². The molecule has 0 aromatic carbocycles. The first-order valence-corrected chi connectivity index (χ1v) is 5.82. The summed E-state index contributed by atoms with van der Waals surface area (Å²) in [6, 6.07) is 2.60. The van der Waals surface area contributed by atoms with Gasteiger partial charge in [0.1, 0.15) is 0 Å². The van der Waals surface area contributed by atoms with E-state index >= 15 is 0 Å². The van der Waals surface area contributed by atoms with Crippen LogP contribution in [0.1, 0.15) is 13.8 Å². The fraction of sp³-hybridized carbons (Fsp3) is 0.636. The Bertz CT molecular complexity index is 363. The predicted molar refractivity (Wildman–Crippen MR) is 65.8 cm³/mol. The molecule has 0 radical (unpaired) electrons. The molecule has 2 rings (SSSR count). The summed E-state index contributed by atoms with van der Waals surface area (Å²) >= 11 is 0. The molecule has 0 amide bonds. The predicted octanol–water partition coefficient (Wildman–Crippen LogP) is 0.398. The maximum absolute atomic E-state index is 5.05. The van der Waals surface area contributed by atoms with E-state index in [1.54, 1.807) is 19.4 Å². The van der Waals surface area contributed by atoms with Crippen LogP contribution in [-0.2, 0) is 0 Å². The summed E-state index contributed by atoms with van der Waals surface area (Å²) in [4.78, 5) is 8.37. The molecule has 17 heavy (non-hydrogen) atoms. The number of methoxy groups -OCH3 is 1. The highest BCUT2D eigenvalue weighted by molar-refractivity contribution is 5.27. The van der Waals surface area contributed by atoms with E-state index in [9.17, 15) is 0 Å². The fourth-order valence-corrected chi connectivity index (χ4v) is 2.01. The molecule has 0 bridgehead atoms. The third-order valence-corrected chi connectivity index (χ3v) is 3.16. The zero-order chi connectivity index (χ0) is 12.3. The molecule has 1 aliphatic heterocycles. The lowest BCUT2D eigenvalue weighted by Gasteiger charge is -2.18. The Kier molecular flexibility index (Phi) is 3.75. The second kappa shape index (κ2) is 5.29. The standard InChI is InChI=1S/C11H19N5O/c1-7-9(8(2)16-15-7)6-13-11-12-5-4-10(14-11)17-3/h4-5,7-9,15-16H,6H2,1-3H3,(H,12,13,14). The summed E-state index contributed by atoms with van der Waals surface area (Å²) in [7, 11) is 1.60. The first kappa shape index (κ1) is 12.1. The van der Waals surface area contributed by atoms with E-state index in [0.717, 1.165) is 6.54 Å². The summed E-state index contributed by atoms with van der Waals surface area (Å²) in [5, 5.41) is 3.24. The van der Waals surface area contributed by atoms with Crippen molar-refractivity contribution in [2.45, 2.75) is 25.9 Å². The Morgan fingerprint density at radius 2 is 2.06 bits per heavy atom. The average molecular weight is 237 g/mol. The molecule has 2 unspecified atom stereocenters. The van der Waals surface area contributed by atoms with Crippen molar-refractivity contribution in [2.75, 3.05) is 19.0 Å². The summed E-state index contributed by atoms with van der Waals surface area (Å²) in [6.45, 7) is 5.15. The molecule has 0 aliphatic carbocycles. The van der Waals surface area contributed by atoms with Crippen LogP contribution in [0.3, 0.4) is 0 Å². The van der Waals surface area contributed by atoms with Gasteiger partial charge in [-0.25, -0.2) is 4.98 Å². The number of hydrazine groups is 1. The van der Waals surface area contributed by atoms with Gasteiger partial charge in [0.25, 0.3) is 0 Å². The second-order valence-corrected chi connectivity index (χ2v) is 4.33. The van der Waals surface area contributed by atoms with Crippen molar-refractivity contribution in [3.63, 3.8) is 0 Å². The van der Waals surface area contributed by atoms with E-state index in [4.69, 9.17) is 4.74 Å². The molecule has 1 aliphatic rings. The van der Waals surface area contributed by atoms with Gasteiger partial charge in [-0.05, 0) is 13.8 Å².